The standard InChI is InChI=1S/C18H24N2O6S.ClH/c1-3-8-19-27(23,24)15-6-4-13(5-7-15)16(21)20-9-14-10-26-12-18(14,11-20)17(22)25-2;/h4-7,14,19H,3,8-12H2,1-2H3;1H/t14-,18-;/m0./s1. The summed E-state index contributed by atoms with van der Waals surface area (Å²) < 4.78 is 37.1. The maximum Gasteiger partial charge on any atom is 0.316 e. The summed E-state index contributed by atoms with van der Waals surface area (Å²) in [5.74, 6) is -0.686. The number of fused-ring (bicyclic) bond motifs is 1. The van der Waals surface area contributed by atoms with E-state index in [9.17, 15) is 18.0 Å². The Balaban J connectivity index is 0.00000280. The van der Waals surface area contributed by atoms with Crippen LogP contribution in [0, 0.1) is 11.3 Å². The van der Waals surface area contributed by atoms with Crippen molar-refractivity contribution >= 4 is 34.3 Å². The Bertz CT molecular complexity index is 829. The molecule has 0 aromatic heterocycles. The van der Waals surface area contributed by atoms with Gasteiger partial charge >= 0.3 is 5.97 Å². The average Bonchev–Trinajstić information content (AvgIpc) is 3.23. The summed E-state index contributed by atoms with van der Waals surface area (Å²) in [6.07, 6.45) is 0.692. The molecule has 3 rings (SSSR count). The molecule has 0 unspecified atom stereocenters. The van der Waals surface area contributed by atoms with Crippen LogP contribution >= 0.6 is 12.4 Å². The van der Waals surface area contributed by atoms with E-state index in [4.69, 9.17) is 9.47 Å². The zero-order valence-corrected chi connectivity index (χ0v) is 17.5. The molecule has 0 spiro atoms. The molecule has 2 heterocycles. The SMILES string of the molecule is CCCNS(=O)(=O)c1ccc(C(=O)N2C[C@H]3COC[C@@]3(C(=O)OC)C2)cc1.Cl. The second-order valence-electron chi connectivity index (χ2n) is 6.97. The zero-order valence-electron chi connectivity index (χ0n) is 15.8. The molecule has 1 N–H and O–H groups in total. The topological polar surface area (TPSA) is 102 Å². The van der Waals surface area contributed by atoms with Crippen LogP contribution in [0.2, 0.25) is 0 Å². The van der Waals surface area contributed by atoms with Gasteiger partial charge < -0.3 is 14.4 Å². The lowest BCUT2D eigenvalue weighted by Crippen LogP contribution is -2.41. The first-order valence-electron chi connectivity index (χ1n) is 8.89. The van der Waals surface area contributed by atoms with Crippen LogP contribution in [0.25, 0.3) is 0 Å². The molecule has 2 aliphatic heterocycles. The number of nitrogens with one attached hydrogen (secondary N) is 1. The molecule has 2 atom stereocenters. The van der Waals surface area contributed by atoms with E-state index in [0.29, 0.717) is 31.7 Å². The first-order valence-corrected chi connectivity index (χ1v) is 10.4. The molecular weight excluding hydrogens is 408 g/mol. The monoisotopic (exact) mass is 432 g/mol. The summed E-state index contributed by atoms with van der Waals surface area (Å²) in [5, 5.41) is 0. The van der Waals surface area contributed by atoms with Crippen molar-refractivity contribution in [1.29, 1.82) is 0 Å². The van der Waals surface area contributed by atoms with Crippen LogP contribution in [-0.2, 0) is 24.3 Å². The van der Waals surface area contributed by atoms with Gasteiger partial charge in [-0.15, -0.1) is 12.4 Å². The molecule has 1 aromatic rings. The molecule has 2 saturated heterocycles. The number of rotatable bonds is 6. The van der Waals surface area contributed by atoms with Gasteiger partial charge in [-0.05, 0) is 30.7 Å². The number of methoxy groups -OCH3 is 1. The molecule has 8 nitrogen and oxygen atoms in total. The van der Waals surface area contributed by atoms with E-state index in [2.05, 4.69) is 4.72 Å². The lowest BCUT2D eigenvalue weighted by Gasteiger charge is -2.23. The highest BCUT2D eigenvalue weighted by Gasteiger charge is 2.57. The minimum Gasteiger partial charge on any atom is -0.468 e. The Hall–Kier alpha value is -1.68. The van der Waals surface area contributed by atoms with Crippen LogP contribution in [0.15, 0.2) is 29.2 Å². The number of sulfonamides is 1. The highest BCUT2D eigenvalue weighted by Crippen LogP contribution is 2.42. The number of ether oxygens (including phenoxy) is 2. The third-order valence-electron chi connectivity index (χ3n) is 5.21. The molecule has 10 heteroatoms. The fourth-order valence-electron chi connectivity index (χ4n) is 3.66. The van der Waals surface area contributed by atoms with Crippen LogP contribution < -0.4 is 4.72 Å². The molecule has 156 valence electrons. The second kappa shape index (κ2) is 8.77. The molecule has 1 aromatic carbocycles. The molecule has 0 bridgehead atoms. The van der Waals surface area contributed by atoms with Gasteiger partial charge in [-0.1, -0.05) is 6.92 Å². The summed E-state index contributed by atoms with van der Waals surface area (Å²) in [6.45, 7) is 3.54. The van der Waals surface area contributed by atoms with Gasteiger partial charge in [0, 0.05) is 31.1 Å². The van der Waals surface area contributed by atoms with Gasteiger partial charge in [0.05, 0.1) is 25.2 Å². The van der Waals surface area contributed by atoms with Crippen LogP contribution in [0.4, 0.5) is 0 Å². The molecule has 1 amide bonds. The lowest BCUT2D eigenvalue weighted by molar-refractivity contribution is -0.153. The predicted molar refractivity (Wildman–Crippen MR) is 104 cm³/mol. The summed E-state index contributed by atoms with van der Waals surface area (Å²) in [4.78, 5) is 26.8. The van der Waals surface area contributed by atoms with Crippen LogP contribution in [0.3, 0.4) is 0 Å². The maximum absolute atomic E-state index is 12.8. The van der Waals surface area contributed by atoms with Gasteiger partial charge in [-0.25, -0.2) is 13.1 Å². The highest BCUT2D eigenvalue weighted by atomic mass is 35.5. The fraction of sp³-hybridized carbons (Fsp3) is 0.556. The minimum absolute atomic E-state index is 0. The van der Waals surface area contributed by atoms with Gasteiger partial charge in [0.15, 0.2) is 0 Å². The van der Waals surface area contributed by atoms with Crippen molar-refractivity contribution in [1.82, 2.24) is 9.62 Å². The van der Waals surface area contributed by atoms with E-state index >= 15 is 0 Å². The number of esters is 1. The smallest absolute Gasteiger partial charge is 0.316 e. The van der Waals surface area contributed by atoms with E-state index in [-0.39, 0.29) is 48.2 Å². The van der Waals surface area contributed by atoms with Gasteiger partial charge in [0.1, 0.15) is 5.41 Å². The summed E-state index contributed by atoms with van der Waals surface area (Å²) in [5.41, 5.74) is -0.428. The highest BCUT2D eigenvalue weighted by molar-refractivity contribution is 7.89. The van der Waals surface area contributed by atoms with Crippen LogP contribution in [-0.4, -0.2) is 65.2 Å². The van der Waals surface area contributed by atoms with E-state index in [0.717, 1.165) is 0 Å². The Labute approximate surface area is 171 Å². The Morgan fingerprint density at radius 1 is 1.32 bits per heavy atom. The largest absolute Gasteiger partial charge is 0.468 e. The average molecular weight is 433 g/mol. The van der Waals surface area contributed by atoms with E-state index in [1.165, 1.54) is 31.4 Å². The predicted octanol–water partition coefficient (Wildman–Crippen LogP) is 1.06. The number of hydrogen-bond acceptors (Lipinski definition) is 6. The fourth-order valence-corrected chi connectivity index (χ4v) is 4.80. The summed E-state index contributed by atoms with van der Waals surface area (Å²) in [6, 6.07) is 5.83. The number of benzene rings is 1. The normalized spacial score (nSPS) is 23.8. The number of likely N-dealkylation sites (tertiary alicyclic amines) is 1. The van der Waals surface area contributed by atoms with E-state index in [1.54, 1.807) is 4.90 Å². The maximum atomic E-state index is 12.8. The molecular formula is C18H25ClN2O6S. The third-order valence-corrected chi connectivity index (χ3v) is 6.68. The summed E-state index contributed by atoms with van der Waals surface area (Å²) >= 11 is 0. The Kier molecular flexibility index (Phi) is 7.08. The van der Waals surface area contributed by atoms with Crippen molar-refractivity contribution < 1.29 is 27.5 Å². The number of hydrogen-bond donors (Lipinski definition) is 1. The van der Waals surface area contributed by atoms with E-state index < -0.39 is 15.4 Å². The molecule has 2 aliphatic rings. The second-order valence-corrected chi connectivity index (χ2v) is 8.73. The van der Waals surface area contributed by atoms with Crippen molar-refractivity contribution in [2.45, 2.75) is 18.2 Å². The van der Waals surface area contributed by atoms with Crippen molar-refractivity contribution in [3.8, 4) is 0 Å². The molecule has 0 saturated carbocycles. The molecule has 0 aliphatic carbocycles. The van der Waals surface area contributed by atoms with Gasteiger partial charge in [0.2, 0.25) is 10.0 Å². The number of nitrogens with zero attached hydrogens (tertiary/aromatic N) is 1. The van der Waals surface area contributed by atoms with Crippen molar-refractivity contribution in [3.63, 3.8) is 0 Å². The lowest BCUT2D eigenvalue weighted by atomic mass is 9.81. The van der Waals surface area contributed by atoms with Crippen LogP contribution in [0.1, 0.15) is 23.7 Å². The number of halogens is 1. The number of amides is 1. The first kappa shape index (κ1) is 22.6. The van der Waals surface area contributed by atoms with Gasteiger partial charge in [-0.2, -0.15) is 0 Å². The van der Waals surface area contributed by atoms with E-state index in [1.807, 2.05) is 6.92 Å². The van der Waals surface area contributed by atoms with Crippen LogP contribution in [0.5, 0.6) is 0 Å². The van der Waals surface area contributed by atoms with Crippen molar-refractivity contribution in [3.05, 3.63) is 29.8 Å². The first-order chi connectivity index (χ1) is 12.8. The minimum atomic E-state index is -3.57. The number of carbonyl (C=O) groups excluding carboxylic acids is 2. The Morgan fingerprint density at radius 3 is 2.61 bits per heavy atom. The van der Waals surface area contributed by atoms with Gasteiger partial charge in [0.25, 0.3) is 5.91 Å². The molecule has 2 fully saturated rings. The number of carbonyl (C=O) groups is 2. The molecule has 0 radical (unpaired) electrons. The van der Waals surface area contributed by atoms with Crippen molar-refractivity contribution in [2.75, 3.05) is 40.0 Å². The summed E-state index contributed by atoms with van der Waals surface area (Å²) in [7, 11) is -2.24. The molecule has 28 heavy (non-hydrogen) atoms. The Morgan fingerprint density at radius 2 is 2.00 bits per heavy atom. The van der Waals surface area contributed by atoms with Gasteiger partial charge in [-0.3, -0.25) is 9.59 Å². The third kappa shape index (κ3) is 4.03. The zero-order chi connectivity index (χ0) is 19.7. The van der Waals surface area contributed by atoms with Crippen molar-refractivity contribution in [2.24, 2.45) is 11.3 Å². The quantitative estimate of drug-likeness (QED) is 0.674.